The van der Waals surface area contributed by atoms with Crippen molar-refractivity contribution in [2.45, 2.75) is 22.2 Å². The highest BCUT2D eigenvalue weighted by Gasteiger charge is 2.21. The van der Waals surface area contributed by atoms with Crippen molar-refractivity contribution in [3.05, 3.63) is 91.1 Å². The third kappa shape index (κ3) is 5.33. The molecular weight excluding hydrogens is 456 g/mol. The van der Waals surface area contributed by atoms with Gasteiger partial charge in [0, 0.05) is 16.9 Å². The molecule has 4 rings (SSSR count). The van der Waals surface area contributed by atoms with Gasteiger partial charge in [0.05, 0.1) is 22.0 Å². The standard InChI is InChI=1S/C24H22N4O3S2/c1-17(23(29)27-19-12-14-21(15-13-19)33(25,30)31)32-24-26-16-22(18-8-4-2-5-9-18)28(24)20-10-6-3-7-11-20/h2-17H,1H3,(H,27,29)(H2,25,30,31). The number of sulfonamides is 1. The van der Waals surface area contributed by atoms with Gasteiger partial charge in [0.15, 0.2) is 5.16 Å². The number of thioether (sulfide) groups is 1. The highest BCUT2D eigenvalue weighted by atomic mass is 32.2. The van der Waals surface area contributed by atoms with Crippen molar-refractivity contribution in [2.24, 2.45) is 5.14 Å². The van der Waals surface area contributed by atoms with Gasteiger partial charge < -0.3 is 5.32 Å². The van der Waals surface area contributed by atoms with E-state index in [-0.39, 0.29) is 10.8 Å². The van der Waals surface area contributed by atoms with Crippen molar-refractivity contribution in [2.75, 3.05) is 5.32 Å². The molecule has 0 aliphatic rings. The van der Waals surface area contributed by atoms with Crippen LogP contribution in [0.3, 0.4) is 0 Å². The summed E-state index contributed by atoms with van der Waals surface area (Å²) in [7, 11) is -3.78. The maximum absolute atomic E-state index is 12.8. The van der Waals surface area contributed by atoms with E-state index in [9.17, 15) is 13.2 Å². The summed E-state index contributed by atoms with van der Waals surface area (Å²) < 4.78 is 24.9. The molecule has 1 atom stereocenters. The predicted octanol–water partition coefficient (Wildman–Crippen LogP) is 4.31. The second kappa shape index (κ2) is 9.62. The van der Waals surface area contributed by atoms with E-state index >= 15 is 0 Å². The van der Waals surface area contributed by atoms with Crippen molar-refractivity contribution in [1.82, 2.24) is 9.55 Å². The molecule has 0 radical (unpaired) electrons. The number of para-hydroxylation sites is 1. The second-order valence-electron chi connectivity index (χ2n) is 7.28. The molecule has 3 N–H and O–H groups in total. The first-order valence-corrected chi connectivity index (χ1v) is 12.5. The smallest absolute Gasteiger partial charge is 0.238 e. The zero-order chi connectivity index (χ0) is 23.4. The van der Waals surface area contributed by atoms with Gasteiger partial charge in [-0.1, -0.05) is 60.3 Å². The average Bonchev–Trinajstić information content (AvgIpc) is 3.23. The normalized spacial score (nSPS) is 12.3. The minimum absolute atomic E-state index is 0.0127. The van der Waals surface area contributed by atoms with E-state index in [1.54, 1.807) is 13.1 Å². The Morgan fingerprint density at radius 3 is 2.18 bits per heavy atom. The van der Waals surface area contributed by atoms with E-state index in [1.165, 1.54) is 36.0 Å². The van der Waals surface area contributed by atoms with Crippen molar-refractivity contribution >= 4 is 33.4 Å². The Balaban J connectivity index is 1.57. The Hall–Kier alpha value is -3.40. The van der Waals surface area contributed by atoms with Crippen molar-refractivity contribution < 1.29 is 13.2 Å². The Kier molecular flexibility index (Phi) is 6.64. The molecule has 1 heterocycles. The van der Waals surface area contributed by atoms with Crippen LogP contribution < -0.4 is 10.5 Å². The molecular formula is C24H22N4O3S2. The number of nitrogens with two attached hydrogens (primary N) is 1. The van der Waals surface area contributed by atoms with Gasteiger partial charge in [-0.05, 0) is 43.3 Å². The van der Waals surface area contributed by atoms with Crippen LogP contribution in [0.15, 0.2) is 101 Å². The monoisotopic (exact) mass is 478 g/mol. The third-order valence-corrected chi connectivity index (χ3v) is 6.91. The maximum Gasteiger partial charge on any atom is 0.238 e. The lowest BCUT2D eigenvalue weighted by atomic mass is 10.1. The van der Waals surface area contributed by atoms with Crippen molar-refractivity contribution in [3.8, 4) is 16.9 Å². The summed E-state index contributed by atoms with van der Waals surface area (Å²) >= 11 is 1.34. The molecule has 0 aliphatic carbocycles. The summed E-state index contributed by atoms with van der Waals surface area (Å²) in [5.74, 6) is -0.229. The summed E-state index contributed by atoms with van der Waals surface area (Å²) in [5, 5.41) is 8.15. The molecule has 0 fully saturated rings. The molecule has 33 heavy (non-hydrogen) atoms. The molecule has 7 nitrogen and oxygen atoms in total. The lowest BCUT2D eigenvalue weighted by Crippen LogP contribution is -2.23. The fraction of sp³-hybridized carbons (Fsp3) is 0.0833. The lowest BCUT2D eigenvalue weighted by Gasteiger charge is -2.15. The molecule has 168 valence electrons. The number of aromatic nitrogens is 2. The van der Waals surface area contributed by atoms with Crippen LogP contribution in [0.2, 0.25) is 0 Å². The summed E-state index contributed by atoms with van der Waals surface area (Å²) in [6, 6.07) is 25.5. The van der Waals surface area contributed by atoms with Crippen LogP contribution in [0, 0.1) is 0 Å². The zero-order valence-corrected chi connectivity index (χ0v) is 19.4. The van der Waals surface area contributed by atoms with Gasteiger partial charge >= 0.3 is 0 Å². The van der Waals surface area contributed by atoms with Gasteiger partial charge in [-0.3, -0.25) is 9.36 Å². The SMILES string of the molecule is CC(Sc1ncc(-c2ccccc2)n1-c1ccccc1)C(=O)Nc1ccc(S(N)(=O)=O)cc1. The Morgan fingerprint density at radius 1 is 0.970 bits per heavy atom. The number of carbonyl (C=O) groups is 1. The van der Waals surface area contributed by atoms with Gasteiger partial charge in [-0.2, -0.15) is 0 Å². The first-order valence-electron chi connectivity index (χ1n) is 10.1. The molecule has 0 spiro atoms. The first-order chi connectivity index (χ1) is 15.8. The molecule has 0 bridgehead atoms. The number of benzene rings is 3. The van der Waals surface area contributed by atoms with Crippen LogP contribution in [0.4, 0.5) is 5.69 Å². The van der Waals surface area contributed by atoms with Crippen LogP contribution in [-0.4, -0.2) is 29.1 Å². The molecule has 0 saturated carbocycles. The Bertz CT molecular complexity index is 1350. The number of amides is 1. The van der Waals surface area contributed by atoms with Gasteiger partial charge in [0.1, 0.15) is 0 Å². The largest absolute Gasteiger partial charge is 0.325 e. The molecule has 4 aromatic rings. The lowest BCUT2D eigenvalue weighted by molar-refractivity contribution is -0.115. The van der Waals surface area contributed by atoms with Crippen LogP contribution in [0.5, 0.6) is 0 Å². The first kappa shape index (κ1) is 22.8. The number of nitrogens with zero attached hydrogens (tertiary/aromatic N) is 2. The summed E-state index contributed by atoms with van der Waals surface area (Å²) in [5.41, 5.74) is 3.38. The third-order valence-electron chi connectivity index (χ3n) is 4.92. The second-order valence-corrected chi connectivity index (χ2v) is 10.2. The molecule has 1 unspecified atom stereocenters. The molecule has 1 amide bonds. The van der Waals surface area contributed by atoms with Crippen molar-refractivity contribution in [3.63, 3.8) is 0 Å². The highest BCUT2D eigenvalue weighted by molar-refractivity contribution is 8.00. The Labute approximate surface area is 196 Å². The van der Waals surface area contributed by atoms with Gasteiger partial charge in [-0.25, -0.2) is 18.5 Å². The number of hydrogen-bond acceptors (Lipinski definition) is 5. The quantitative estimate of drug-likeness (QED) is 0.385. The fourth-order valence-corrected chi connectivity index (χ4v) is 4.66. The summed E-state index contributed by atoms with van der Waals surface area (Å²) in [6.07, 6.45) is 1.81. The number of carbonyl (C=O) groups excluding carboxylic acids is 1. The van der Waals surface area contributed by atoms with E-state index in [1.807, 2.05) is 65.2 Å². The predicted molar refractivity (Wildman–Crippen MR) is 131 cm³/mol. The molecule has 9 heteroatoms. The number of anilines is 1. The van der Waals surface area contributed by atoms with Crippen LogP contribution in [-0.2, 0) is 14.8 Å². The van der Waals surface area contributed by atoms with E-state index in [0.717, 1.165) is 16.9 Å². The van der Waals surface area contributed by atoms with Gasteiger partial charge in [0.2, 0.25) is 15.9 Å². The number of nitrogens with one attached hydrogen (secondary N) is 1. The maximum atomic E-state index is 12.8. The average molecular weight is 479 g/mol. The Morgan fingerprint density at radius 2 is 1.58 bits per heavy atom. The number of hydrogen-bond donors (Lipinski definition) is 2. The number of primary sulfonamides is 1. The minimum Gasteiger partial charge on any atom is -0.325 e. The van der Waals surface area contributed by atoms with Crippen LogP contribution >= 0.6 is 11.8 Å². The summed E-state index contributed by atoms with van der Waals surface area (Å²) in [4.78, 5) is 17.4. The molecule has 3 aromatic carbocycles. The van der Waals surface area contributed by atoms with Crippen molar-refractivity contribution in [1.29, 1.82) is 0 Å². The summed E-state index contributed by atoms with van der Waals surface area (Å²) in [6.45, 7) is 1.80. The molecule has 0 saturated heterocycles. The van der Waals surface area contributed by atoms with E-state index in [0.29, 0.717) is 10.8 Å². The zero-order valence-electron chi connectivity index (χ0n) is 17.8. The van der Waals surface area contributed by atoms with Gasteiger partial charge in [-0.15, -0.1) is 0 Å². The number of rotatable bonds is 7. The highest BCUT2D eigenvalue weighted by Crippen LogP contribution is 2.32. The van der Waals surface area contributed by atoms with Gasteiger partial charge in [0.25, 0.3) is 0 Å². The fourth-order valence-electron chi connectivity index (χ4n) is 3.24. The van der Waals surface area contributed by atoms with E-state index < -0.39 is 15.3 Å². The van der Waals surface area contributed by atoms with E-state index in [2.05, 4.69) is 10.3 Å². The minimum atomic E-state index is -3.78. The van der Waals surface area contributed by atoms with Crippen LogP contribution in [0.25, 0.3) is 16.9 Å². The number of imidazole rings is 1. The van der Waals surface area contributed by atoms with Crippen LogP contribution in [0.1, 0.15) is 6.92 Å². The molecule has 1 aromatic heterocycles. The topological polar surface area (TPSA) is 107 Å². The van der Waals surface area contributed by atoms with E-state index in [4.69, 9.17) is 5.14 Å². The molecule has 0 aliphatic heterocycles.